The molecule has 1 aromatic rings. The molecule has 1 aromatic heterocycles. The molecule has 1 fully saturated rings. The SMILES string of the molecule is CN(Cc1cnc(N)s1)CC1CCC1.Cl. The number of anilines is 1. The summed E-state index contributed by atoms with van der Waals surface area (Å²) in [6.07, 6.45) is 6.13. The van der Waals surface area contributed by atoms with Crippen LogP contribution >= 0.6 is 23.7 Å². The lowest BCUT2D eigenvalue weighted by Crippen LogP contribution is -2.28. The fourth-order valence-electron chi connectivity index (χ4n) is 1.84. The molecule has 1 saturated carbocycles. The zero-order valence-corrected chi connectivity index (χ0v) is 10.6. The van der Waals surface area contributed by atoms with E-state index in [-0.39, 0.29) is 12.4 Å². The molecule has 0 aromatic carbocycles. The lowest BCUT2D eigenvalue weighted by molar-refractivity contribution is 0.201. The third-order valence-corrected chi connectivity index (χ3v) is 3.60. The van der Waals surface area contributed by atoms with Crippen molar-refractivity contribution in [1.82, 2.24) is 9.88 Å². The zero-order valence-electron chi connectivity index (χ0n) is 8.98. The molecule has 0 amide bonds. The topological polar surface area (TPSA) is 42.2 Å². The van der Waals surface area contributed by atoms with Gasteiger partial charge in [-0.2, -0.15) is 0 Å². The molecule has 0 radical (unpaired) electrons. The molecule has 15 heavy (non-hydrogen) atoms. The summed E-state index contributed by atoms with van der Waals surface area (Å²) in [5.74, 6) is 0.935. The minimum atomic E-state index is 0. The quantitative estimate of drug-likeness (QED) is 0.889. The van der Waals surface area contributed by atoms with Crippen LogP contribution in [-0.4, -0.2) is 23.5 Å². The first-order valence-corrected chi connectivity index (χ1v) is 5.94. The normalized spacial score (nSPS) is 16.1. The van der Waals surface area contributed by atoms with Gasteiger partial charge in [-0.1, -0.05) is 6.42 Å². The van der Waals surface area contributed by atoms with Crippen molar-refractivity contribution in [1.29, 1.82) is 0 Å². The molecule has 3 nitrogen and oxygen atoms in total. The summed E-state index contributed by atoms with van der Waals surface area (Å²) in [7, 11) is 2.17. The van der Waals surface area contributed by atoms with Crippen molar-refractivity contribution in [2.75, 3.05) is 19.3 Å². The van der Waals surface area contributed by atoms with Crippen molar-refractivity contribution in [2.24, 2.45) is 5.92 Å². The minimum absolute atomic E-state index is 0. The molecule has 2 N–H and O–H groups in total. The van der Waals surface area contributed by atoms with Crippen molar-refractivity contribution in [3.63, 3.8) is 0 Å². The van der Waals surface area contributed by atoms with Gasteiger partial charge in [-0.3, -0.25) is 0 Å². The lowest BCUT2D eigenvalue weighted by Gasteiger charge is -2.29. The maximum atomic E-state index is 5.58. The summed E-state index contributed by atoms with van der Waals surface area (Å²) in [4.78, 5) is 7.69. The molecular formula is C10H18ClN3S. The van der Waals surface area contributed by atoms with Gasteiger partial charge in [0.2, 0.25) is 0 Å². The first kappa shape index (κ1) is 12.7. The Hall–Kier alpha value is -0.320. The van der Waals surface area contributed by atoms with Crippen molar-refractivity contribution >= 4 is 28.9 Å². The highest BCUT2D eigenvalue weighted by Gasteiger charge is 2.19. The Morgan fingerprint density at radius 2 is 2.33 bits per heavy atom. The molecule has 0 spiro atoms. The molecule has 0 saturated heterocycles. The van der Waals surface area contributed by atoms with E-state index in [1.54, 1.807) is 11.3 Å². The van der Waals surface area contributed by atoms with Gasteiger partial charge in [0, 0.05) is 24.2 Å². The van der Waals surface area contributed by atoms with Gasteiger partial charge in [-0.05, 0) is 25.8 Å². The van der Waals surface area contributed by atoms with E-state index >= 15 is 0 Å². The van der Waals surface area contributed by atoms with E-state index in [0.717, 1.165) is 12.5 Å². The Bertz CT molecular complexity index is 299. The van der Waals surface area contributed by atoms with E-state index in [1.165, 1.54) is 30.7 Å². The molecule has 0 atom stereocenters. The Balaban J connectivity index is 0.00000112. The number of halogens is 1. The molecular weight excluding hydrogens is 230 g/mol. The van der Waals surface area contributed by atoms with E-state index in [1.807, 2.05) is 6.20 Å². The van der Waals surface area contributed by atoms with Crippen LogP contribution in [0.15, 0.2) is 6.20 Å². The standard InChI is InChI=1S/C10H17N3S.ClH/c1-13(6-8-3-2-4-8)7-9-5-12-10(11)14-9;/h5,8H,2-4,6-7H2,1H3,(H2,11,12);1H. The van der Waals surface area contributed by atoms with Crippen LogP contribution in [0.5, 0.6) is 0 Å². The second kappa shape index (κ2) is 5.68. The third-order valence-electron chi connectivity index (χ3n) is 2.79. The van der Waals surface area contributed by atoms with E-state index in [0.29, 0.717) is 5.13 Å². The number of aromatic nitrogens is 1. The molecule has 1 aliphatic carbocycles. The van der Waals surface area contributed by atoms with Crippen LogP contribution in [0.4, 0.5) is 5.13 Å². The van der Waals surface area contributed by atoms with Crippen molar-refractivity contribution in [2.45, 2.75) is 25.8 Å². The van der Waals surface area contributed by atoms with Crippen LogP contribution in [0.25, 0.3) is 0 Å². The van der Waals surface area contributed by atoms with Crippen LogP contribution in [0.3, 0.4) is 0 Å². The van der Waals surface area contributed by atoms with Gasteiger partial charge in [0.1, 0.15) is 0 Å². The van der Waals surface area contributed by atoms with Gasteiger partial charge < -0.3 is 10.6 Å². The Morgan fingerprint density at radius 1 is 1.60 bits per heavy atom. The summed E-state index contributed by atoms with van der Waals surface area (Å²) >= 11 is 1.59. The van der Waals surface area contributed by atoms with Gasteiger partial charge in [0.25, 0.3) is 0 Å². The van der Waals surface area contributed by atoms with Crippen LogP contribution in [0, 0.1) is 5.92 Å². The van der Waals surface area contributed by atoms with Crippen molar-refractivity contribution < 1.29 is 0 Å². The average Bonchev–Trinajstić information content (AvgIpc) is 2.44. The number of nitrogens with two attached hydrogens (primary N) is 1. The minimum Gasteiger partial charge on any atom is -0.375 e. The predicted molar refractivity (Wildman–Crippen MR) is 67.4 cm³/mol. The van der Waals surface area contributed by atoms with Crippen LogP contribution < -0.4 is 5.73 Å². The van der Waals surface area contributed by atoms with Crippen LogP contribution in [-0.2, 0) is 6.54 Å². The van der Waals surface area contributed by atoms with Gasteiger partial charge in [0.15, 0.2) is 5.13 Å². The predicted octanol–water partition coefficient (Wildman–Crippen LogP) is 2.38. The highest BCUT2D eigenvalue weighted by molar-refractivity contribution is 7.15. The second-order valence-corrected chi connectivity index (χ2v) is 5.31. The Kier molecular flexibility index (Phi) is 4.83. The van der Waals surface area contributed by atoms with E-state index in [4.69, 9.17) is 5.73 Å². The molecule has 2 rings (SSSR count). The molecule has 0 unspecified atom stereocenters. The van der Waals surface area contributed by atoms with Gasteiger partial charge in [0.05, 0.1) is 0 Å². The molecule has 0 bridgehead atoms. The fourth-order valence-corrected chi connectivity index (χ4v) is 2.61. The summed E-state index contributed by atoms with van der Waals surface area (Å²) in [5.41, 5.74) is 5.58. The Morgan fingerprint density at radius 3 is 2.80 bits per heavy atom. The summed E-state index contributed by atoms with van der Waals surface area (Å²) in [5, 5.41) is 0.678. The van der Waals surface area contributed by atoms with Gasteiger partial charge in [-0.25, -0.2) is 4.98 Å². The summed E-state index contributed by atoms with van der Waals surface area (Å²) in [6, 6.07) is 0. The number of nitrogen functional groups attached to an aromatic ring is 1. The molecule has 1 aliphatic rings. The summed E-state index contributed by atoms with van der Waals surface area (Å²) in [6.45, 7) is 2.21. The second-order valence-electron chi connectivity index (χ2n) is 4.16. The zero-order chi connectivity index (χ0) is 9.97. The maximum Gasteiger partial charge on any atom is 0.180 e. The number of rotatable bonds is 4. The van der Waals surface area contributed by atoms with Crippen LogP contribution in [0.1, 0.15) is 24.1 Å². The number of thiazole rings is 1. The van der Waals surface area contributed by atoms with Gasteiger partial charge >= 0.3 is 0 Å². The van der Waals surface area contributed by atoms with E-state index in [2.05, 4.69) is 16.9 Å². The molecule has 1 heterocycles. The largest absolute Gasteiger partial charge is 0.375 e. The van der Waals surface area contributed by atoms with Crippen LogP contribution in [0.2, 0.25) is 0 Å². The number of hydrogen-bond acceptors (Lipinski definition) is 4. The molecule has 86 valence electrons. The maximum absolute atomic E-state index is 5.58. The lowest BCUT2D eigenvalue weighted by atomic mass is 9.85. The summed E-state index contributed by atoms with van der Waals surface area (Å²) < 4.78 is 0. The van der Waals surface area contributed by atoms with E-state index in [9.17, 15) is 0 Å². The average molecular weight is 248 g/mol. The third kappa shape index (κ3) is 3.63. The highest BCUT2D eigenvalue weighted by atomic mass is 35.5. The molecule has 5 heteroatoms. The number of hydrogen-bond donors (Lipinski definition) is 1. The first-order chi connectivity index (χ1) is 6.74. The highest BCUT2D eigenvalue weighted by Crippen LogP contribution is 2.27. The van der Waals surface area contributed by atoms with E-state index < -0.39 is 0 Å². The fraction of sp³-hybridized carbons (Fsp3) is 0.700. The monoisotopic (exact) mass is 247 g/mol. The first-order valence-electron chi connectivity index (χ1n) is 5.13. The molecule has 0 aliphatic heterocycles. The Labute approximate surface area is 101 Å². The van der Waals surface area contributed by atoms with Gasteiger partial charge in [-0.15, -0.1) is 23.7 Å². The smallest absolute Gasteiger partial charge is 0.180 e. The van der Waals surface area contributed by atoms with Crippen molar-refractivity contribution in [3.8, 4) is 0 Å². The van der Waals surface area contributed by atoms with Crippen molar-refractivity contribution in [3.05, 3.63) is 11.1 Å². The number of nitrogens with zero attached hydrogens (tertiary/aromatic N) is 2.